The quantitative estimate of drug-likeness (QED) is 0.486. The second-order valence-electron chi connectivity index (χ2n) is 9.12. The summed E-state index contributed by atoms with van der Waals surface area (Å²) in [6, 6.07) is 4.13. The molecule has 176 valence electrons. The SMILES string of the molecule is CCC1CC(C(=O)NC23CCC(NC(=O)COc4ccc(Cl)c(F)c4)(CC2)[C@@H](O)C3)ON1. The Morgan fingerprint density at radius 1 is 1.31 bits per heavy atom. The first-order chi connectivity index (χ1) is 15.2. The summed E-state index contributed by atoms with van der Waals surface area (Å²) in [6.45, 7) is 1.73. The molecule has 1 saturated heterocycles. The van der Waals surface area contributed by atoms with Crippen molar-refractivity contribution < 1.29 is 28.7 Å². The molecule has 5 rings (SSSR count). The molecule has 3 atom stereocenters. The molecular formula is C22H29ClFN3O5. The van der Waals surface area contributed by atoms with Crippen molar-refractivity contribution in [3.8, 4) is 5.75 Å². The van der Waals surface area contributed by atoms with Gasteiger partial charge in [-0.2, -0.15) is 5.48 Å². The van der Waals surface area contributed by atoms with Gasteiger partial charge in [-0.15, -0.1) is 0 Å². The molecule has 1 aromatic rings. The monoisotopic (exact) mass is 469 g/mol. The Hall–Kier alpha value is -1.94. The van der Waals surface area contributed by atoms with Crippen LogP contribution in [0.5, 0.6) is 5.75 Å². The second kappa shape index (κ2) is 9.13. The summed E-state index contributed by atoms with van der Waals surface area (Å²) in [7, 11) is 0. The lowest BCUT2D eigenvalue weighted by atomic mass is 9.60. The highest BCUT2D eigenvalue weighted by atomic mass is 35.5. The largest absolute Gasteiger partial charge is 0.484 e. The lowest BCUT2D eigenvalue weighted by Crippen LogP contribution is -2.70. The maximum Gasteiger partial charge on any atom is 0.258 e. The van der Waals surface area contributed by atoms with Crippen molar-refractivity contribution in [3.63, 3.8) is 0 Å². The third-order valence-corrected chi connectivity index (χ3v) is 7.33. The first kappa shape index (κ1) is 23.2. The molecule has 8 nitrogen and oxygen atoms in total. The molecule has 4 fully saturated rings. The van der Waals surface area contributed by atoms with Gasteiger partial charge >= 0.3 is 0 Å². The van der Waals surface area contributed by atoms with E-state index in [0.717, 1.165) is 12.5 Å². The maximum atomic E-state index is 13.5. The van der Waals surface area contributed by atoms with Gasteiger partial charge in [-0.05, 0) is 50.7 Å². The van der Waals surface area contributed by atoms with Crippen LogP contribution >= 0.6 is 11.6 Å². The zero-order chi connectivity index (χ0) is 22.9. The van der Waals surface area contributed by atoms with Crippen LogP contribution in [0, 0.1) is 5.82 Å². The van der Waals surface area contributed by atoms with Crippen LogP contribution in [0.1, 0.15) is 51.9 Å². The average Bonchev–Trinajstić information content (AvgIpc) is 3.25. The van der Waals surface area contributed by atoms with E-state index in [1.807, 2.05) is 6.92 Å². The molecule has 0 spiro atoms. The first-order valence-electron chi connectivity index (χ1n) is 11.0. The maximum absolute atomic E-state index is 13.5. The van der Waals surface area contributed by atoms with Crippen LogP contribution in [0.3, 0.4) is 0 Å². The fourth-order valence-corrected chi connectivity index (χ4v) is 5.09. The van der Waals surface area contributed by atoms with Crippen molar-refractivity contribution in [1.29, 1.82) is 0 Å². The van der Waals surface area contributed by atoms with Crippen molar-refractivity contribution in [2.24, 2.45) is 0 Å². The molecule has 32 heavy (non-hydrogen) atoms. The van der Waals surface area contributed by atoms with Crippen LogP contribution in [0.4, 0.5) is 4.39 Å². The zero-order valence-electron chi connectivity index (χ0n) is 18.0. The van der Waals surface area contributed by atoms with E-state index in [0.29, 0.717) is 38.5 Å². The van der Waals surface area contributed by atoms with Gasteiger partial charge in [-0.3, -0.25) is 14.4 Å². The van der Waals surface area contributed by atoms with E-state index in [-0.39, 0.29) is 29.3 Å². The Balaban J connectivity index is 1.30. The lowest BCUT2D eigenvalue weighted by molar-refractivity contribution is -0.142. The number of fused-ring (bicyclic) bond motifs is 3. The van der Waals surface area contributed by atoms with Crippen molar-refractivity contribution in [2.75, 3.05) is 6.61 Å². The molecule has 3 aliphatic carbocycles. The fourth-order valence-electron chi connectivity index (χ4n) is 4.98. The standard InChI is InChI=1S/C22H29ClFN3O5/c1-2-13-9-17(32-27-13)20(30)26-21-5-7-22(8-6-21,18(28)11-21)25-19(29)12-31-14-3-4-15(23)16(24)10-14/h3-4,10,13,17-18,27-28H,2,5-9,11-12H2,1H3,(H,25,29)(H,26,30)/t13?,17?,18-,21?,22?/m0/s1. The molecule has 4 aliphatic rings. The van der Waals surface area contributed by atoms with Crippen LogP contribution in [0.2, 0.25) is 5.02 Å². The van der Waals surface area contributed by atoms with Crippen molar-refractivity contribution >= 4 is 23.4 Å². The summed E-state index contributed by atoms with van der Waals surface area (Å²) >= 11 is 5.65. The summed E-state index contributed by atoms with van der Waals surface area (Å²) in [4.78, 5) is 30.6. The summed E-state index contributed by atoms with van der Waals surface area (Å²) < 4.78 is 18.9. The summed E-state index contributed by atoms with van der Waals surface area (Å²) in [5.74, 6) is -0.986. The smallest absolute Gasteiger partial charge is 0.258 e. The van der Waals surface area contributed by atoms with Crippen LogP contribution < -0.4 is 20.9 Å². The van der Waals surface area contributed by atoms with Gasteiger partial charge in [0.1, 0.15) is 11.6 Å². The van der Waals surface area contributed by atoms with Crippen LogP contribution in [-0.2, 0) is 14.4 Å². The number of ether oxygens (including phenoxy) is 1. The topological polar surface area (TPSA) is 109 Å². The Bertz CT molecular complexity index is 877. The molecule has 2 unspecified atom stereocenters. The van der Waals surface area contributed by atoms with E-state index in [1.165, 1.54) is 12.1 Å². The Morgan fingerprint density at radius 2 is 2.06 bits per heavy atom. The van der Waals surface area contributed by atoms with Gasteiger partial charge in [0, 0.05) is 24.1 Å². The third-order valence-electron chi connectivity index (χ3n) is 7.02. The predicted molar refractivity (Wildman–Crippen MR) is 114 cm³/mol. The molecule has 1 aromatic carbocycles. The zero-order valence-corrected chi connectivity index (χ0v) is 18.7. The molecule has 2 bridgehead atoms. The van der Waals surface area contributed by atoms with Crippen molar-refractivity contribution in [1.82, 2.24) is 16.1 Å². The molecule has 4 N–H and O–H groups in total. The van der Waals surface area contributed by atoms with Gasteiger partial charge in [0.05, 0.1) is 16.7 Å². The highest BCUT2D eigenvalue weighted by Gasteiger charge is 2.55. The normalized spacial score (nSPS) is 33.7. The number of hydrogen-bond donors (Lipinski definition) is 4. The number of benzene rings is 1. The lowest BCUT2D eigenvalue weighted by Gasteiger charge is -2.56. The number of amides is 2. The summed E-state index contributed by atoms with van der Waals surface area (Å²) in [5, 5.41) is 16.9. The molecule has 3 saturated carbocycles. The van der Waals surface area contributed by atoms with E-state index >= 15 is 0 Å². The van der Waals surface area contributed by atoms with Crippen molar-refractivity contribution in [3.05, 3.63) is 29.0 Å². The number of nitrogens with one attached hydrogen (secondary N) is 3. The number of hydrogen-bond acceptors (Lipinski definition) is 6. The van der Waals surface area contributed by atoms with Crippen molar-refractivity contribution in [2.45, 2.75) is 81.2 Å². The van der Waals surface area contributed by atoms with E-state index in [4.69, 9.17) is 21.2 Å². The molecule has 1 heterocycles. The number of halogens is 2. The van der Waals surface area contributed by atoms with Crippen LogP contribution in [-0.4, -0.2) is 52.9 Å². The molecular weight excluding hydrogens is 441 g/mol. The molecule has 1 aliphatic heterocycles. The highest BCUT2D eigenvalue weighted by Crippen LogP contribution is 2.47. The summed E-state index contributed by atoms with van der Waals surface area (Å²) in [5.41, 5.74) is 1.64. The number of rotatable bonds is 7. The second-order valence-corrected chi connectivity index (χ2v) is 9.53. The molecule has 0 aromatic heterocycles. The Kier molecular flexibility index (Phi) is 6.63. The minimum absolute atomic E-state index is 0.0234. The van der Waals surface area contributed by atoms with Gasteiger partial charge in [-0.1, -0.05) is 18.5 Å². The van der Waals surface area contributed by atoms with Gasteiger partial charge in [0.2, 0.25) is 0 Å². The molecule has 10 heteroatoms. The van der Waals surface area contributed by atoms with E-state index in [1.54, 1.807) is 0 Å². The first-order valence-corrected chi connectivity index (χ1v) is 11.4. The number of hydroxylamine groups is 1. The number of aliphatic hydroxyl groups is 1. The molecule has 2 amide bonds. The van der Waals surface area contributed by atoms with Gasteiger partial charge in [-0.25, -0.2) is 4.39 Å². The molecule has 0 radical (unpaired) electrons. The van der Waals surface area contributed by atoms with Crippen LogP contribution in [0.15, 0.2) is 18.2 Å². The Morgan fingerprint density at radius 3 is 2.69 bits per heavy atom. The van der Waals surface area contributed by atoms with Crippen LogP contribution in [0.25, 0.3) is 0 Å². The Labute approximate surface area is 191 Å². The van der Waals surface area contributed by atoms with Gasteiger partial charge in [0.15, 0.2) is 12.7 Å². The number of aliphatic hydroxyl groups excluding tert-OH is 1. The fraction of sp³-hybridized carbons (Fsp3) is 0.636. The minimum atomic E-state index is -0.798. The van der Waals surface area contributed by atoms with E-state index in [9.17, 15) is 19.1 Å². The van der Waals surface area contributed by atoms with Gasteiger partial charge in [0.25, 0.3) is 11.8 Å². The minimum Gasteiger partial charge on any atom is -0.484 e. The highest BCUT2D eigenvalue weighted by molar-refractivity contribution is 6.30. The third kappa shape index (κ3) is 4.71. The van der Waals surface area contributed by atoms with Gasteiger partial charge < -0.3 is 20.5 Å². The predicted octanol–water partition coefficient (Wildman–Crippen LogP) is 1.98. The average molecular weight is 470 g/mol. The number of carbonyl (C=O) groups excluding carboxylic acids is 2. The van der Waals surface area contributed by atoms with E-state index < -0.39 is 35.0 Å². The summed E-state index contributed by atoms with van der Waals surface area (Å²) in [6.07, 6.45) is 2.91. The number of carbonyl (C=O) groups is 2. The van der Waals surface area contributed by atoms with E-state index in [2.05, 4.69) is 16.1 Å².